The largest absolute Gasteiger partial charge is 0.493 e. The summed E-state index contributed by atoms with van der Waals surface area (Å²) < 4.78 is 11.2. The number of hydrogen-bond acceptors (Lipinski definition) is 3. The SMILES string of the molecule is COc1cccc(C2(C(=O)O)CCCC2)c1OC(C)C. The van der Waals surface area contributed by atoms with E-state index in [9.17, 15) is 9.90 Å². The van der Waals surface area contributed by atoms with Gasteiger partial charge in [0.1, 0.15) is 0 Å². The molecule has 4 heteroatoms. The fourth-order valence-electron chi connectivity index (χ4n) is 2.99. The predicted molar refractivity (Wildman–Crippen MR) is 76.5 cm³/mol. The quantitative estimate of drug-likeness (QED) is 0.897. The standard InChI is InChI=1S/C16H22O4/c1-11(2)20-14-12(7-6-8-13(14)19-3)16(15(17)18)9-4-5-10-16/h6-8,11H,4-5,9-10H2,1-3H3,(H,17,18). The van der Waals surface area contributed by atoms with E-state index in [1.165, 1.54) is 0 Å². The van der Waals surface area contributed by atoms with E-state index in [1.807, 2.05) is 32.0 Å². The Morgan fingerprint density at radius 3 is 2.45 bits per heavy atom. The maximum atomic E-state index is 11.9. The fourth-order valence-corrected chi connectivity index (χ4v) is 2.99. The lowest BCUT2D eigenvalue weighted by molar-refractivity contribution is -0.143. The zero-order valence-electron chi connectivity index (χ0n) is 12.3. The van der Waals surface area contributed by atoms with Crippen LogP contribution in [-0.4, -0.2) is 24.3 Å². The smallest absolute Gasteiger partial charge is 0.314 e. The zero-order chi connectivity index (χ0) is 14.8. The van der Waals surface area contributed by atoms with Gasteiger partial charge in [-0.15, -0.1) is 0 Å². The Kier molecular flexibility index (Phi) is 4.21. The molecule has 1 aliphatic rings. The Labute approximate surface area is 119 Å². The summed E-state index contributed by atoms with van der Waals surface area (Å²) in [6, 6.07) is 5.51. The monoisotopic (exact) mass is 278 g/mol. The summed E-state index contributed by atoms with van der Waals surface area (Å²) in [6.45, 7) is 3.86. The van der Waals surface area contributed by atoms with E-state index in [0.29, 0.717) is 24.3 Å². The molecule has 0 radical (unpaired) electrons. The third-order valence-electron chi connectivity index (χ3n) is 3.93. The Morgan fingerprint density at radius 2 is 1.95 bits per heavy atom. The van der Waals surface area contributed by atoms with Gasteiger partial charge in [0.05, 0.1) is 18.6 Å². The van der Waals surface area contributed by atoms with Gasteiger partial charge in [0.2, 0.25) is 0 Å². The molecule has 0 atom stereocenters. The van der Waals surface area contributed by atoms with Crippen molar-refractivity contribution in [3.8, 4) is 11.5 Å². The summed E-state index contributed by atoms with van der Waals surface area (Å²) in [5.41, 5.74) is -0.0887. The topological polar surface area (TPSA) is 55.8 Å². The van der Waals surface area contributed by atoms with Crippen molar-refractivity contribution < 1.29 is 19.4 Å². The van der Waals surface area contributed by atoms with Crippen LogP contribution in [0.5, 0.6) is 11.5 Å². The maximum Gasteiger partial charge on any atom is 0.314 e. The number of ether oxygens (including phenoxy) is 2. The average Bonchev–Trinajstić information content (AvgIpc) is 2.89. The van der Waals surface area contributed by atoms with E-state index in [2.05, 4.69) is 0 Å². The van der Waals surface area contributed by atoms with Crippen molar-refractivity contribution in [2.75, 3.05) is 7.11 Å². The van der Waals surface area contributed by atoms with E-state index in [-0.39, 0.29) is 6.10 Å². The highest BCUT2D eigenvalue weighted by atomic mass is 16.5. The van der Waals surface area contributed by atoms with Gasteiger partial charge in [-0.2, -0.15) is 0 Å². The molecule has 0 bridgehead atoms. The molecule has 110 valence electrons. The van der Waals surface area contributed by atoms with Crippen LogP contribution in [0.4, 0.5) is 0 Å². The van der Waals surface area contributed by atoms with Gasteiger partial charge >= 0.3 is 5.97 Å². The van der Waals surface area contributed by atoms with Gasteiger partial charge in [0.25, 0.3) is 0 Å². The maximum absolute atomic E-state index is 11.9. The molecular weight excluding hydrogens is 256 g/mol. The first kappa shape index (κ1) is 14.7. The summed E-state index contributed by atoms with van der Waals surface area (Å²) in [5.74, 6) is 0.412. The van der Waals surface area contributed by atoms with Crippen molar-refractivity contribution in [2.24, 2.45) is 0 Å². The lowest BCUT2D eigenvalue weighted by atomic mass is 9.78. The Hall–Kier alpha value is -1.71. The second-order valence-electron chi connectivity index (χ2n) is 5.60. The number of rotatable bonds is 5. The van der Waals surface area contributed by atoms with Crippen LogP contribution in [0.25, 0.3) is 0 Å². The van der Waals surface area contributed by atoms with Gasteiger partial charge in [-0.1, -0.05) is 25.0 Å². The first-order valence-electron chi connectivity index (χ1n) is 7.09. The number of benzene rings is 1. The van der Waals surface area contributed by atoms with Crippen LogP contribution in [0.3, 0.4) is 0 Å². The highest BCUT2D eigenvalue weighted by Crippen LogP contribution is 2.48. The summed E-state index contributed by atoms with van der Waals surface area (Å²) in [4.78, 5) is 11.9. The Balaban J connectivity index is 2.57. The molecule has 0 heterocycles. The molecule has 1 saturated carbocycles. The second kappa shape index (κ2) is 5.73. The summed E-state index contributed by atoms with van der Waals surface area (Å²) in [7, 11) is 1.58. The summed E-state index contributed by atoms with van der Waals surface area (Å²) in [6.07, 6.45) is 3.15. The molecule has 1 aliphatic carbocycles. The minimum Gasteiger partial charge on any atom is -0.493 e. The fraction of sp³-hybridized carbons (Fsp3) is 0.562. The van der Waals surface area contributed by atoms with Crippen molar-refractivity contribution in [2.45, 2.75) is 51.0 Å². The van der Waals surface area contributed by atoms with Crippen LogP contribution < -0.4 is 9.47 Å². The van der Waals surface area contributed by atoms with E-state index in [1.54, 1.807) is 7.11 Å². The van der Waals surface area contributed by atoms with Gasteiger partial charge in [-0.05, 0) is 32.8 Å². The molecule has 20 heavy (non-hydrogen) atoms. The van der Waals surface area contributed by atoms with Crippen molar-refractivity contribution in [1.29, 1.82) is 0 Å². The third-order valence-corrected chi connectivity index (χ3v) is 3.93. The molecule has 1 N–H and O–H groups in total. The van der Waals surface area contributed by atoms with Crippen LogP contribution in [0.15, 0.2) is 18.2 Å². The van der Waals surface area contributed by atoms with Gasteiger partial charge in [0.15, 0.2) is 11.5 Å². The number of carboxylic acid groups (broad SMARTS) is 1. The molecule has 1 fully saturated rings. The lowest BCUT2D eigenvalue weighted by Crippen LogP contribution is -2.33. The minimum atomic E-state index is -0.835. The number of carbonyl (C=O) groups is 1. The van der Waals surface area contributed by atoms with Gasteiger partial charge in [-0.3, -0.25) is 4.79 Å². The highest BCUT2D eigenvalue weighted by molar-refractivity contribution is 5.83. The number of para-hydroxylation sites is 1. The van der Waals surface area contributed by atoms with Crippen molar-refractivity contribution in [3.63, 3.8) is 0 Å². The summed E-state index contributed by atoms with van der Waals surface area (Å²) >= 11 is 0. The highest BCUT2D eigenvalue weighted by Gasteiger charge is 2.45. The van der Waals surface area contributed by atoms with Crippen molar-refractivity contribution in [3.05, 3.63) is 23.8 Å². The van der Waals surface area contributed by atoms with Crippen LogP contribution >= 0.6 is 0 Å². The Morgan fingerprint density at radius 1 is 1.30 bits per heavy atom. The lowest BCUT2D eigenvalue weighted by Gasteiger charge is -2.28. The zero-order valence-corrected chi connectivity index (χ0v) is 12.3. The number of hydrogen-bond donors (Lipinski definition) is 1. The molecule has 1 aromatic carbocycles. The van der Waals surface area contributed by atoms with Crippen molar-refractivity contribution >= 4 is 5.97 Å². The molecule has 0 aromatic heterocycles. The Bertz CT molecular complexity index is 487. The first-order valence-corrected chi connectivity index (χ1v) is 7.09. The minimum absolute atomic E-state index is 0.0303. The predicted octanol–water partition coefficient (Wildman–Crippen LogP) is 3.38. The molecule has 0 unspecified atom stereocenters. The van der Waals surface area contributed by atoms with Gasteiger partial charge in [0, 0.05) is 5.56 Å². The van der Waals surface area contributed by atoms with Crippen molar-refractivity contribution in [1.82, 2.24) is 0 Å². The molecular formula is C16H22O4. The van der Waals surface area contributed by atoms with E-state index in [0.717, 1.165) is 18.4 Å². The van der Waals surface area contributed by atoms with Crippen LogP contribution in [0.1, 0.15) is 45.1 Å². The number of methoxy groups -OCH3 is 1. The molecule has 2 rings (SSSR count). The van der Waals surface area contributed by atoms with Crippen LogP contribution in [-0.2, 0) is 10.2 Å². The second-order valence-corrected chi connectivity index (χ2v) is 5.60. The number of carboxylic acids is 1. The van der Waals surface area contributed by atoms with Gasteiger partial charge < -0.3 is 14.6 Å². The normalized spacial score (nSPS) is 17.2. The third kappa shape index (κ3) is 2.47. The van der Waals surface area contributed by atoms with Crippen LogP contribution in [0.2, 0.25) is 0 Å². The summed E-state index contributed by atoms with van der Waals surface area (Å²) in [5, 5.41) is 9.74. The molecule has 1 aromatic rings. The molecule has 0 saturated heterocycles. The molecule has 4 nitrogen and oxygen atoms in total. The molecule has 0 amide bonds. The first-order chi connectivity index (χ1) is 9.51. The van der Waals surface area contributed by atoms with E-state index >= 15 is 0 Å². The molecule has 0 spiro atoms. The molecule has 0 aliphatic heterocycles. The van der Waals surface area contributed by atoms with Crippen LogP contribution in [0, 0.1) is 0 Å². The van der Waals surface area contributed by atoms with Gasteiger partial charge in [-0.25, -0.2) is 0 Å². The average molecular weight is 278 g/mol. The van der Waals surface area contributed by atoms with E-state index in [4.69, 9.17) is 9.47 Å². The van der Waals surface area contributed by atoms with E-state index < -0.39 is 11.4 Å². The number of aliphatic carboxylic acids is 1.